The molecule has 1 saturated carbocycles. The molecule has 48 heavy (non-hydrogen) atoms. The smallest absolute Gasteiger partial charge is 0.540 e. The van der Waals surface area contributed by atoms with E-state index >= 15 is 0 Å². The summed E-state index contributed by atoms with van der Waals surface area (Å²) in [4.78, 5) is 78.5. The zero-order valence-corrected chi connectivity index (χ0v) is 28.6. The number of hydrogen-bond acceptors (Lipinski definition) is 11. The van der Waals surface area contributed by atoms with Crippen LogP contribution >= 0.6 is 15.6 Å². The van der Waals surface area contributed by atoms with Crippen LogP contribution in [0, 0.1) is 11.8 Å². The first-order chi connectivity index (χ1) is 22.8. The van der Waals surface area contributed by atoms with E-state index in [4.69, 9.17) is 19.1 Å². The maximum atomic E-state index is 13.9. The van der Waals surface area contributed by atoms with Gasteiger partial charge >= 0.3 is 20.7 Å². The second-order valence-electron chi connectivity index (χ2n) is 12.2. The molecule has 2 aromatic rings. The summed E-state index contributed by atoms with van der Waals surface area (Å²) in [6, 6.07) is 8.44. The molecule has 3 amide bonds. The van der Waals surface area contributed by atoms with Gasteiger partial charge < -0.3 is 39.6 Å². The van der Waals surface area contributed by atoms with Gasteiger partial charge in [-0.25, -0.2) is 4.98 Å². The van der Waals surface area contributed by atoms with Crippen LogP contribution in [-0.4, -0.2) is 99.3 Å². The molecule has 4 rings (SSSR count). The third-order valence-corrected chi connectivity index (χ3v) is 11.1. The Kier molecular flexibility index (Phi) is 13.3. The van der Waals surface area contributed by atoms with Crippen molar-refractivity contribution in [3.63, 3.8) is 0 Å². The molecule has 1 aromatic heterocycles. The first-order valence-corrected chi connectivity index (χ1v) is 18.6. The van der Waals surface area contributed by atoms with Crippen LogP contribution in [0.5, 0.6) is 0 Å². The van der Waals surface area contributed by atoms with Crippen LogP contribution in [-0.2, 0) is 34.4 Å². The molecule has 1 aromatic carbocycles. The van der Waals surface area contributed by atoms with Crippen molar-refractivity contribution >= 4 is 40.5 Å². The normalized spacial score (nSPS) is 22.8. The Hall–Kier alpha value is -3.14. The zero-order valence-electron chi connectivity index (χ0n) is 26.8. The highest BCUT2D eigenvalue weighted by molar-refractivity contribution is 7.64. The topological polar surface area (TPSA) is 232 Å². The van der Waals surface area contributed by atoms with Crippen LogP contribution in [0.4, 0.5) is 0 Å². The van der Waals surface area contributed by atoms with E-state index in [-0.39, 0.29) is 49.5 Å². The van der Waals surface area contributed by atoms with Crippen molar-refractivity contribution in [2.45, 2.75) is 56.5 Å². The van der Waals surface area contributed by atoms with E-state index in [0.29, 0.717) is 32.5 Å². The zero-order chi connectivity index (χ0) is 34.9. The van der Waals surface area contributed by atoms with Gasteiger partial charge in [-0.2, -0.15) is 4.89 Å². The van der Waals surface area contributed by atoms with Gasteiger partial charge in [0.25, 0.3) is 5.91 Å². The lowest BCUT2D eigenvalue weighted by Crippen LogP contribution is -2.60. The minimum atomic E-state index is -5.24. The van der Waals surface area contributed by atoms with E-state index in [1.54, 1.807) is 0 Å². The van der Waals surface area contributed by atoms with E-state index in [9.17, 15) is 28.4 Å². The summed E-state index contributed by atoms with van der Waals surface area (Å²) in [5.41, 5.74) is -2.12. The summed E-state index contributed by atoms with van der Waals surface area (Å²) in [5, 5.41) is 7.89. The van der Waals surface area contributed by atoms with Crippen LogP contribution < -0.4 is 20.8 Å². The summed E-state index contributed by atoms with van der Waals surface area (Å²) in [7, 11) is -9.35. The first-order valence-electron chi connectivity index (χ1n) is 15.7. The molecule has 2 heterocycles. The molecule has 2 aliphatic rings. The highest BCUT2D eigenvalue weighted by Crippen LogP contribution is 2.51. The fraction of sp³-hybridized carbons (Fsp3) is 0.552. The molecule has 260 valence electrons. The molecule has 16 nitrogen and oxygen atoms in total. The van der Waals surface area contributed by atoms with E-state index in [0.717, 1.165) is 5.56 Å². The predicted octanol–water partition coefficient (Wildman–Crippen LogP) is 0.185. The maximum Gasteiger partial charge on any atom is 0.540 e. The summed E-state index contributed by atoms with van der Waals surface area (Å²) in [6.45, 7) is 6.04. The molecule has 1 saturated heterocycles. The van der Waals surface area contributed by atoms with Gasteiger partial charge in [-0.1, -0.05) is 44.2 Å². The van der Waals surface area contributed by atoms with E-state index < -0.39 is 51.6 Å². The number of carbonyl (C=O) groups is 3. The predicted molar refractivity (Wildman–Crippen MR) is 172 cm³/mol. The number of benzene rings is 1. The van der Waals surface area contributed by atoms with Gasteiger partial charge in [0.1, 0.15) is 11.7 Å². The lowest BCUT2D eigenvalue weighted by atomic mass is 9.71. The Morgan fingerprint density at radius 2 is 1.85 bits per heavy atom. The minimum absolute atomic E-state index is 0.0646. The number of nitrogens with zero attached hydrogens (tertiary/aromatic N) is 3. The molecule has 0 spiro atoms. The van der Waals surface area contributed by atoms with Crippen molar-refractivity contribution in [2.24, 2.45) is 11.8 Å². The molecule has 0 bridgehead atoms. The van der Waals surface area contributed by atoms with Crippen LogP contribution in [0.3, 0.4) is 0 Å². The Balaban J connectivity index is 1.36. The van der Waals surface area contributed by atoms with Crippen molar-refractivity contribution in [3.8, 4) is 0 Å². The SMILES string of the molecule is CC(C)C1CC1(NC(=O)C(Cc1ccccc1)NC(=O)c1cnccn1)B1OCCN(CCCC(=O)NC([P+](=O)O)P(=O)([O-])O)CCO1. The molecule has 2 fully saturated rings. The molecule has 6 atom stereocenters. The number of nitrogens with one attached hydrogen (secondary N) is 3. The second kappa shape index (κ2) is 17.0. The molecule has 1 aliphatic carbocycles. The molecule has 5 N–H and O–H groups in total. The quantitative estimate of drug-likeness (QED) is 0.123. The fourth-order valence-electron chi connectivity index (χ4n) is 5.83. The first kappa shape index (κ1) is 37.7. The van der Waals surface area contributed by atoms with E-state index in [1.807, 2.05) is 40.5 Å². The average molecular weight is 706 g/mol. The summed E-state index contributed by atoms with van der Waals surface area (Å²) in [5.74, 6) is -1.42. The van der Waals surface area contributed by atoms with Crippen LogP contribution in [0.15, 0.2) is 48.9 Å². The standard InChI is InChI=1S/C29H41BN6O10P2/c1-20(2)22-18-29(22,35-27(39)23(17-21-7-4-3-5-8-21)33-26(38)24-19-31-10-11-32-24)30-45-15-13-36(14-16-46-30)12-6-9-25(37)34-28(47(40)41)48(42,43)44/h3-5,7-8,10-11,19-20,22-23,28H,6,9,12-18H2,1-2H3,(H5-,33,34,35,37,38,39,40,41,42,43,44). The van der Waals surface area contributed by atoms with Gasteiger partial charge in [0, 0.05) is 51.5 Å². The van der Waals surface area contributed by atoms with Crippen LogP contribution in [0.25, 0.3) is 0 Å². The molecule has 1 aliphatic heterocycles. The highest BCUT2D eigenvalue weighted by Gasteiger charge is 2.66. The van der Waals surface area contributed by atoms with E-state index in [2.05, 4.69) is 34.4 Å². The monoisotopic (exact) mass is 706 g/mol. The second-order valence-corrected chi connectivity index (χ2v) is 15.4. The van der Waals surface area contributed by atoms with Gasteiger partial charge in [0.05, 0.1) is 11.6 Å². The Bertz CT molecular complexity index is 1460. The Morgan fingerprint density at radius 3 is 2.42 bits per heavy atom. The molecular formula is C29H41BN6O10P2. The average Bonchev–Trinajstić information content (AvgIpc) is 3.75. The van der Waals surface area contributed by atoms with Crippen molar-refractivity contribution in [3.05, 3.63) is 60.2 Å². The third-order valence-electron chi connectivity index (χ3n) is 8.38. The largest absolute Gasteiger partial charge is 0.774 e. The summed E-state index contributed by atoms with van der Waals surface area (Å²) >= 11 is 0. The number of amides is 3. The van der Waals surface area contributed by atoms with Gasteiger partial charge in [-0.3, -0.25) is 24.3 Å². The van der Waals surface area contributed by atoms with Crippen molar-refractivity contribution in [2.75, 3.05) is 32.8 Å². The lowest BCUT2D eigenvalue weighted by Gasteiger charge is -2.32. The summed E-state index contributed by atoms with van der Waals surface area (Å²) in [6.07, 6.45) is 5.23. The third kappa shape index (κ3) is 10.4. The Labute approximate surface area is 280 Å². The molecule has 6 unspecified atom stereocenters. The lowest BCUT2D eigenvalue weighted by molar-refractivity contribution is -0.195. The van der Waals surface area contributed by atoms with Crippen LogP contribution in [0.2, 0.25) is 0 Å². The maximum absolute atomic E-state index is 13.9. The minimum Gasteiger partial charge on any atom is -0.774 e. The highest BCUT2D eigenvalue weighted by atomic mass is 31.2. The van der Waals surface area contributed by atoms with Gasteiger partial charge in [-0.05, 0) is 41.4 Å². The number of rotatable bonds is 15. The molecule has 19 heteroatoms. The molecule has 0 radical (unpaired) electrons. The van der Waals surface area contributed by atoms with Gasteiger partial charge in [0.2, 0.25) is 19.4 Å². The van der Waals surface area contributed by atoms with Crippen molar-refractivity contribution in [1.82, 2.24) is 30.8 Å². The van der Waals surface area contributed by atoms with Crippen LogP contribution in [0.1, 0.15) is 49.2 Å². The van der Waals surface area contributed by atoms with Gasteiger partial charge in [-0.15, -0.1) is 0 Å². The Morgan fingerprint density at radius 1 is 1.17 bits per heavy atom. The van der Waals surface area contributed by atoms with E-state index in [1.165, 1.54) is 18.6 Å². The summed E-state index contributed by atoms with van der Waals surface area (Å²) < 4.78 is 34.9. The number of aromatic nitrogens is 2. The van der Waals surface area contributed by atoms with Gasteiger partial charge in [0.15, 0.2) is 0 Å². The number of hydrogen-bond donors (Lipinski definition) is 5. The number of carbonyl (C=O) groups excluding carboxylic acids is 3. The van der Waals surface area contributed by atoms with Crippen molar-refractivity contribution in [1.29, 1.82) is 0 Å². The van der Waals surface area contributed by atoms with Crippen molar-refractivity contribution < 1.29 is 47.5 Å². The molecular weight excluding hydrogens is 665 g/mol. The fourth-order valence-corrected chi connectivity index (χ4v) is 7.39.